The number of ether oxygens (including phenoxy) is 2. The Morgan fingerprint density at radius 3 is 2.44 bits per heavy atom. The number of amides is 6. The topological polar surface area (TPSA) is 222 Å². The van der Waals surface area contributed by atoms with Gasteiger partial charge >= 0.3 is 6.03 Å². The van der Waals surface area contributed by atoms with E-state index in [1.807, 2.05) is 62.9 Å². The van der Waals surface area contributed by atoms with Gasteiger partial charge in [0.05, 0.1) is 54.2 Å². The number of urea groups is 1. The number of aliphatic imine (C=N–C) groups is 1. The minimum atomic E-state index is -2.74. The summed E-state index contributed by atoms with van der Waals surface area (Å²) in [6.07, 6.45) is 4.61. The number of carbonyl (C=O) groups excluding carboxylic acids is 5. The van der Waals surface area contributed by atoms with Crippen LogP contribution in [-0.2, 0) is 48.2 Å². The minimum Gasteiger partial charge on any atom is -0.391 e. The number of fused-ring (bicyclic) bond motifs is 1. The lowest BCUT2D eigenvalue weighted by Gasteiger charge is -2.35. The molecular weight excluding hydrogens is 1030 g/mol. The highest BCUT2D eigenvalue weighted by Gasteiger charge is 2.45. The molecular formula is C58H74F2N10O8S. The largest absolute Gasteiger partial charge is 0.391 e. The SMILES string of the molecule is CNC(=O)N1CCC2=C(C1)C(C1CCCc3cc(-c4cnn(CCNC(=O)CCOCCC(=O)N[C@@H](C(=O)N5C[C@H](O)C[C@@H]5C(=O)NCc5ccc(-c6scnc6C)cc5)C(C)(C)C)c4)c(C(F)F)cc31)=NC2C1CCOCC1. The number of hydrogen-bond donors (Lipinski definition) is 5. The van der Waals surface area contributed by atoms with Gasteiger partial charge in [0.25, 0.3) is 6.43 Å². The van der Waals surface area contributed by atoms with E-state index in [-0.39, 0.29) is 81.6 Å². The van der Waals surface area contributed by atoms with Crippen LogP contribution in [0.3, 0.4) is 0 Å². The molecule has 0 spiro atoms. The van der Waals surface area contributed by atoms with Crippen molar-refractivity contribution in [1.29, 1.82) is 0 Å². The van der Waals surface area contributed by atoms with Gasteiger partial charge in [0.2, 0.25) is 23.6 Å². The second-order valence-corrected chi connectivity index (χ2v) is 23.3. The molecule has 4 aliphatic heterocycles. The van der Waals surface area contributed by atoms with Gasteiger partial charge < -0.3 is 45.6 Å². The first kappa shape index (κ1) is 57.3. The van der Waals surface area contributed by atoms with E-state index in [4.69, 9.17) is 14.5 Å². The summed E-state index contributed by atoms with van der Waals surface area (Å²) in [7, 11) is 1.63. The Hall–Kier alpha value is -6.42. The molecule has 0 radical (unpaired) electrons. The molecule has 0 bridgehead atoms. The van der Waals surface area contributed by atoms with Crippen LogP contribution in [0.4, 0.5) is 13.6 Å². The molecule has 2 aromatic carbocycles. The van der Waals surface area contributed by atoms with E-state index in [1.165, 1.54) is 10.5 Å². The molecule has 6 heterocycles. The Kier molecular flexibility index (Phi) is 18.4. The van der Waals surface area contributed by atoms with Crippen LogP contribution < -0.4 is 21.3 Å². The van der Waals surface area contributed by atoms with Gasteiger partial charge in [-0.3, -0.25) is 28.9 Å². The number of aliphatic hydroxyl groups is 1. The zero-order chi connectivity index (χ0) is 56.0. The van der Waals surface area contributed by atoms with Crippen molar-refractivity contribution < 1.29 is 47.3 Å². The highest BCUT2D eigenvalue weighted by Crippen LogP contribution is 2.46. The average Bonchev–Trinajstić information content (AvgIpc) is 4.47. The second kappa shape index (κ2) is 25.4. The van der Waals surface area contributed by atoms with E-state index in [0.29, 0.717) is 49.9 Å². The number of thiazole rings is 1. The lowest BCUT2D eigenvalue weighted by Crippen LogP contribution is -2.57. The number of nitrogens with one attached hydrogen (secondary N) is 4. The van der Waals surface area contributed by atoms with Crippen molar-refractivity contribution in [3.63, 3.8) is 0 Å². The lowest BCUT2D eigenvalue weighted by atomic mass is 9.75. The number of β-amino-alcohol motifs (C(OH)–C–C–N with tert-alkyl or cyclic N) is 1. The molecule has 2 unspecified atom stereocenters. The molecule has 1 aliphatic carbocycles. The molecule has 6 amide bonds. The molecule has 18 nitrogen and oxygen atoms in total. The van der Waals surface area contributed by atoms with Crippen LogP contribution in [0, 0.1) is 18.3 Å². The Morgan fingerprint density at radius 2 is 1.73 bits per heavy atom. The molecule has 4 aromatic rings. The molecule has 2 saturated heterocycles. The van der Waals surface area contributed by atoms with Gasteiger partial charge in [-0.25, -0.2) is 18.6 Å². The number of benzene rings is 2. The summed E-state index contributed by atoms with van der Waals surface area (Å²) in [5.74, 6) is -1.42. The van der Waals surface area contributed by atoms with Gasteiger partial charge in [0.15, 0.2) is 0 Å². The predicted molar refractivity (Wildman–Crippen MR) is 295 cm³/mol. The maximum Gasteiger partial charge on any atom is 0.317 e. The fourth-order valence-electron chi connectivity index (χ4n) is 11.8. The zero-order valence-electron chi connectivity index (χ0n) is 45.8. The van der Waals surface area contributed by atoms with Gasteiger partial charge in [-0.2, -0.15) is 5.10 Å². The summed E-state index contributed by atoms with van der Waals surface area (Å²) < 4.78 is 43.1. The standard InChI is InChI=1S/C58H74F2N10O8S/c1-34-52(79-33-64-34)37-11-9-35(10-12-37)28-63-55(74)47-26-40(71)31-70(47)56(75)53(58(2,3)4)66-49(73)17-24-78-23-16-48(72)62-18-20-69-30-39(29-65-69)43-25-38-7-6-8-41(44(38)27-45(43)54(59)60)51-46-32-68(57(76)61-5)19-13-42(46)50(67-51)36-14-21-77-22-15-36/h9-12,25,27,29-30,33,36,40-41,47,50,53-54,71H,6-8,13-24,26,28,31-32H2,1-5H3,(H,61,76)(H,62,72)(H,63,74)(H,66,73)/t40-,41?,47-,50?,53+/m1/s1. The number of aryl methyl sites for hydroxylation is 2. The minimum absolute atomic E-state index is 0.00877. The monoisotopic (exact) mass is 1110 g/mol. The Labute approximate surface area is 464 Å². The lowest BCUT2D eigenvalue weighted by molar-refractivity contribution is -0.144. The smallest absolute Gasteiger partial charge is 0.317 e. The molecule has 5 atom stereocenters. The average molecular weight is 1110 g/mol. The van der Waals surface area contributed by atoms with E-state index in [1.54, 1.807) is 47.0 Å². The van der Waals surface area contributed by atoms with Crippen molar-refractivity contribution in [2.24, 2.45) is 16.3 Å². The number of carbonyl (C=O) groups is 5. The third-order valence-electron chi connectivity index (χ3n) is 16.0. The van der Waals surface area contributed by atoms with Crippen molar-refractivity contribution in [3.05, 3.63) is 93.4 Å². The van der Waals surface area contributed by atoms with Gasteiger partial charge in [-0.1, -0.05) is 51.1 Å². The van der Waals surface area contributed by atoms with Crippen LogP contribution in [0.5, 0.6) is 0 Å². The highest BCUT2D eigenvalue weighted by molar-refractivity contribution is 7.13. The molecule has 21 heteroatoms. The fraction of sp³-hybridized carbons (Fsp3) is 0.552. The third kappa shape index (κ3) is 13.4. The van der Waals surface area contributed by atoms with Gasteiger partial charge in [-0.15, -0.1) is 11.3 Å². The maximum absolute atomic E-state index is 15.1. The van der Waals surface area contributed by atoms with E-state index < -0.39 is 47.7 Å². The van der Waals surface area contributed by atoms with Crippen molar-refractivity contribution in [2.75, 3.05) is 59.7 Å². The summed E-state index contributed by atoms with van der Waals surface area (Å²) in [6.45, 7) is 10.6. The zero-order valence-corrected chi connectivity index (χ0v) is 46.6. The summed E-state index contributed by atoms with van der Waals surface area (Å²) in [5, 5.41) is 26.4. The van der Waals surface area contributed by atoms with Crippen molar-refractivity contribution in [2.45, 2.75) is 135 Å². The molecule has 79 heavy (non-hydrogen) atoms. The van der Waals surface area contributed by atoms with E-state index >= 15 is 8.78 Å². The number of alkyl halides is 2. The fourth-order valence-corrected chi connectivity index (χ4v) is 12.6. The van der Waals surface area contributed by atoms with E-state index in [2.05, 4.69) is 31.3 Å². The van der Waals surface area contributed by atoms with Crippen molar-refractivity contribution >= 4 is 46.7 Å². The first-order valence-electron chi connectivity index (χ1n) is 27.7. The van der Waals surface area contributed by atoms with E-state index in [0.717, 1.165) is 82.6 Å². The summed E-state index contributed by atoms with van der Waals surface area (Å²) in [4.78, 5) is 80.4. The number of nitrogens with zero attached hydrogens (tertiary/aromatic N) is 6. The highest BCUT2D eigenvalue weighted by atomic mass is 32.1. The van der Waals surface area contributed by atoms with Crippen molar-refractivity contribution in [3.8, 4) is 21.6 Å². The van der Waals surface area contributed by atoms with Crippen LogP contribution in [-0.4, -0.2) is 149 Å². The van der Waals surface area contributed by atoms with Crippen LogP contribution >= 0.6 is 11.3 Å². The van der Waals surface area contributed by atoms with Crippen LogP contribution in [0.25, 0.3) is 21.6 Å². The van der Waals surface area contributed by atoms with Crippen molar-refractivity contribution in [1.82, 2.24) is 45.8 Å². The molecule has 0 saturated carbocycles. The normalized spacial score (nSPS) is 20.9. The summed E-state index contributed by atoms with van der Waals surface area (Å²) in [6, 6.07) is 9.33. The molecule has 2 fully saturated rings. The van der Waals surface area contributed by atoms with Gasteiger partial charge in [-0.05, 0) is 102 Å². The quantitative estimate of drug-likeness (QED) is 0.0629. The summed E-state index contributed by atoms with van der Waals surface area (Å²) in [5.41, 5.74) is 10.0. The number of hydrogen-bond acceptors (Lipinski definition) is 12. The Balaban J connectivity index is 0.732. The Morgan fingerprint density at radius 1 is 0.975 bits per heavy atom. The van der Waals surface area contributed by atoms with Crippen LogP contribution in [0.1, 0.15) is 112 Å². The third-order valence-corrected chi connectivity index (χ3v) is 17.0. The first-order valence-corrected chi connectivity index (χ1v) is 28.6. The number of halogens is 2. The molecule has 9 rings (SSSR count). The predicted octanol–water partition coefficient (Wildman–Crippen LogP) is 6.65. The van der Waals surface area contributed by atoms with Crippen LogP contribution in [0.15, 0.2) is 70.4 Å². The number of aliphatic hydroxyl groups excluding tert-OH is 1. The van der Waals surface area contributed by atoms with Gasteiger partial charge in [0, 0.05) is 101 Å². The number of rotatable bonds is 19. The van der Waals surface area contributed by atoms with E-state index in [9.17, 15) is 29.1 Å². The second-order valence-electron chi connectivity index (χ2n) is 22.4. The molecule has 424 valence electrons. The first-order chi connectivity index (χ1) is 38.0. The summed E-state index contributed by atoms with van der Waals surface area (Å²) >= 11 is 1.56. The molecule has 2 aromatic heterocycles. The number of aromatic nitrogens is 3. The van der Waals surface area contributed by atoms with Gasteiger partial charge in [0.1, 0.15) is 12.1 Å². The maximum atomic E-state index is 15.1. The number of likely N-dealkylation sites (tertiary alicyclic amines) is 1. The molecule has 5 N–H and O–H groups in total. The molecule has 5 aliphatic rings. The van der Waals surface area contributed by atoms with Crippen LogP contribution in [0.2, 0.25) is 0 Å². The Bertz CT molecular complexity index is 2930.